The molecule has 1 saturated heterocycles. The second kappa shape index (κ2) is 11.5. The second-order valence-corrected chi connectivity index (χ2v) is 8.99. The lowest BCUT2D eigenvalue weighted by Crippen LogP contribution is -2.44. The Hall–Kier alpha value is -1.86. The van der Waals surface area contributed by atoms with Gasteiger partial charge in [0.1, 0.15) is 5.82 Å². The summed E-state index contributed by atoms with van der Waals surface area (Å²) in [7, 11) is 1.75. The number of aliphatic imine (C=N–C) groups is 1. The van der Waals surface area contributed by atoms with Crippen molar-refractivity contribution >= 4 is 23.5 Å². The molecule has 1 aromatic rings. The van der Waals surface area contributed by atoms with Crippen LogP contribution in [0.4, 0.5) is 4.39 Å². The fourth-order valence-electron chi connectivity index (χ4n) is 3.77. The van der Waals surface area contributed by atoms with Crippen LogP contribution in [0.25, 0.3) is 0 Å². The molecule has 0 unspecified atom stereocenters. The number of hydrogen-bond acceptors (Lipinski definition) is 3. The number of rotatable bonds is 9. The number of piperidine rings is 1. The van der Waals surface area contributed by atoms with Crippen molar-refractivity contribution in [3.8, 4) is 0 Å². The van der Waals surface area contributed by atoms with E-state index in [2.05, 4.69) is 34.4 Å². The summed E-state index contributed by atoms with van der Waals surface area (Å²) in [6, 6.07) is 4.52. The van der Waals surface area contributed by atoms with E-state index in [1.165, 1.54) is 12.1 Å². The van der Waals surface area contributed by atoms with E-state index in [-0.39, 0.29) is 23.1 Å². The number of nitrogens with one attached hydrogen (secondary N) is 2. The smallest absolute Gasteiger partial charge is 0.220 e. The van der Waals surface area contributed by atoms with Gasteiger partial charge in [0, 0.05) is 36.5 Å². The Bertz CT molecular complexity index is 732. The van der Waals surface area contributed by atoms with Crippen LogP contribution < -0.4 is 16.4 Å². The number of guanidine groups is 1. The molecular formula is C22H35ClFN5O. The Morgan fingerprint density at radius 2 is 2.00 bits per heavy atom. The van der Waals surface area contributed by atoms with Gasteiger partial charge in [0.05, 0.1) is 0 Å². The first-order chi connectivity index (χ1) is 14.2. The number of likely N-dealkylation sites (tertiary alicyclic amines) is 1. The van der Waals surface area contributed by atoms with E-state index in [9.17, 15) is 9.18 Å². The predicted octanol–water partition coefficient (Wildman–Crippen LogP) is 2.90. The van der Waals surface area contributed by atoms with Gasteiger partial charge in [0.2, 0.25) is 5.91 Å². The maximum Gasteiger partial charge on any atom is 0.220 e. The van der Waals surface area contributed by atoms with E-state index in [1.54, 1.807) is 13.1 Å². The number of hydrogen-bond donors (Lipinski definition) is 3. The first-order valence-corrected chi connectivity index (χ1v) is 11.0. The number of halogens is 2. The van der Waals surface area contributed by atoms with Gasteiger partial charge in [-0.15, -0.1) is 0 Å². The summed E-state index contributed by atoms with van der Waals surface area (Å²) in [6.45, 7) is 8.51. The maximum absolute atomic E-state index is 13.3. The average Bonchev–Trinajstić information content (AvgIpc) is 2.70. The van der Waals surface area contributed by atoms with Gasteiger partial charge in [-0.2, -0.15) is 0 Å². The Labute approximate surface area is 184 Å². The van der Waals surface area contributed by atoms with Crippen molar-refractivity contribution in [2.45, 2.75) is 44.9 Å². The Morgan fingerprint density at radius 3 is 2.60 bits per heavy atom. The summed E-state index contributed by atoms with van der Waals surface area (Å²) in [5.41, 5.74) is 6.01. The first-order valence-electron chi connectivity index (χ1n) is 10.6. The maximum atomic E-state index is 13.3. The molecule has 1 fully saturated rings. The largest absolute Gasteiger partial charge is 0.369 e. The third-order valence-corrected chi connectivity index (χ3v) is 6.08. The number of unbranched alkanes of at least 4 members (excludes halogenated alkanes) is 1. The number of carbonyl (C=O) groups excluding carboxylic acids is 1. The fourth-order valence-corrected chi connectivity index (χ4v) is 4.19. The van der Waals surface area contributed by atoms with Crippen molar-refractivity contribution in [2.24, 2.45) is 16.6 Å². The van der Waals surface area contributed by atoms with Crippen LogP contribution in [0.2, 0.25) is 5.02 Å². The highest BCUT2D eigenvalue weighted by molar-refractivity contribution is 6.31. The minimum atomic E-state index is -0.331. The van der Waals surface area contributed by atoms with Crippen molar-refractivity contribution in [1.29, 1.82) is 0 Å². The number of amides is 1. The van der Waals surface area contributed by atoms with Crippen LogP contribution in [-0.2, 0) is 10.2 Å². The van der Waals surface area contributed by atoms with Gasteiger partial charge >= 0.3 is 0 Å². The Kier molecular flexibility index (Phi) is 9.37. The normalized spacial score (nSPS) is 16.5. The highest BCUT2D eigenvalue weighted by Gasteiger charge is 2.24. The van der Waals surface area contributed by atoms with Gasteiger partial charge in [-0.05, 0) is 63.0 Å². The molecule has 168 valence electrons. The number of primary amides is 1. The summed E-state index contributed by atoms with van der Waals surface area (Å²) in [5.74, 6) is 0.291. The predicted molar refractivity (Wildman–Crippen MR) is 121 cm³/mol. The molecule has 0 spiro atoms. The quantitative estimate of drug-likeness (QED) is 0.314. The molecule has 1 aliphatic heterocycles. The number of benzene rings is 1. The summed E-state index contributed by atoms with van der Waals surface area (Å²) in [4.78, 5) is 17.9. The van der Waals surface area contributed by atoms with E-state index < -0.39 is 0 Å². The second-order valence-electron chi connectivity index (χ2n) is 8.59. The van der Waals surface area contributed by atoms with E-state index in [0.29, 0.717) is 11.6 Å². The monoisotopic (exact) mass is 439 g/mol. The summed E-state index contributed by atoms with van der Waals surface area (Å²) < 4.78 is 13.3. The molecule has 0 saturated carbocycles. The van der Waals surface area contributed by atoms with Crippen LogP contribution >= 0.6 is 11.6 Å². The zero-order valence-electron chi connectivity index (χ0n) is 18.3. The number of nitrogens with two attached hydrogens (primary N) is 1. The van der Waals surface area contributed by atoms with Gasteiger partial charge in [-0.3, -0.25) is 9.79 Å². The zero-order valence-corrected chi connectivity index (χ0v) is 19.1. The van der Waals surface area contributed by atoms with Gasteiger partial charge in [-0.25, -0.2) is 4.39 Å². The van der Waals surface area contributed by atoms with E-state index >= 15 is 0 Å². The lowest BCUT2D eigenvalue weighted by molar-refractivity contribution is -0.123. The van der Waals surface area contributed by atoms with Crippen LogP contribution in [-0.4, -0.2) is 56.5 Å². The number of carbonyl (C=O) groups is 1. The summed E-state index contributed by atoms with van der Waals surface area (Å²) in [6.07, 6.45) is 3.86. The van der Waals surface area contributed by atoms with Crippen LogP contribution in [0, 0.1) is 11.7 Å². The Morgan fingerprint density at radius 1 is 1.30 bits per heavy atom. The highest BCUT2D eigenvalue weighted by Crippen LogP contribution is 2.29. The molecule has 1 amide bonds. The third kappa shape index (κ3) is 7.43. The molecular weight excluding hydrogens is 405 g/mol. The van der Waals surface area contributed by atoms with E-state index in [0.717, 1.165) is 63.4 Å². The van der Waals surface area contributed by atoms with Gasteiger partial charge in [0.25, 0.3) is 0 Å². The molecule has 1 aromatic carbocycles. The van der Waals surface area contributed by atoms with Gasteiger partial charge in [-0.1, -0.05) is 31.5 Å². The molecule has 8 heteroatoms. The molecule has 2 rings (SSSR count). The highest BCUT2D eigenvalue weighted by atomic mass is 35.5. The van der Waals surface area contributed by atoms with Crippen LogP contribution in [0.5, 0.6) is 0 Å². The van der Waals surface area contributed by atoms with Crippen molar-refractivity contribution in [3.05, 3.63) is 34.6 Å². The summed E-state index contributed by atoms with van der Waals surface area (Å²) in [5, 5.41) is 7.12. The molecule has 4 N–H and O–H groups in total. The van der Waals surface area contributed by atoms with Crippen LogP contribution in [0.1, 0.15) is 45.1 Å². The molecule has 1 heterocycles. The van der Waals surface area contributed by atoms with Gasteiger partial charge in [0.15, 0.2) is 5.96 Å². The average molecular weight is 440 g/mol. The van der Waals surface area contributed by atoms with Crippen LogP contribution in [0.15, 0.2) is 23.2 Å². The summed E-state index contributed by atoms with van der Waals surface area (Å²) >= 11 is 6.23. The molecule has 0 radical (unpaired) electrons. The zero-order chi connectivity index (χ0) is 22.1. The van der Waals surface area contributed by atoms with E-state index in [4.69, 9.17) is 17.3 Å². The topological polar surface area (TPSA) is 82.8 Å². The van der Waals surface area contributed by atoms with Crippen molar-refractivity contribution in [2.75, 3.05) is 39.8 Å². The SMILES string of the molecule is CN=C(NCCCCN1CCC(C(N)=O)CC1)NCC(C)(C)c1ccc(F)cc1Cl. The minimum Gasteiger partial charge on any atom is -0.369 e. The molecule has 6 nitrogen and oxygen atoms in total. The number of nitrogens with zero attached hydrogens (tertiary/aromatic N) is 2. The molecule has 0 atom stereocenters. The van der Waals surface area contributed by atoms with Crippen molar-refractivity contribution in [1.82, 2.24) is 15.5 Å². The lowest BCUT2D eigenvalue weighted by Gasteiger charge is -2.30. The van der Waals surface area contributed by atoms with Crippen LogP contribution in [0.3, 0.4) is 0 Å². The standard InChI is InChI=1S/C22H35ClFN5O/c1-22(2,18-7-6-17(24)14-19(18)23)15-28-21(26-3)27-10-4-5-11-29-12-8-16(9-13-29)20(25)30/h6-7,14,16H,4-5,8-13,15H2,1-3H3,(H2,25,30)(H2,26,27,28). The minimum absolute atomic E-state index is 0.0476. The Balaban J connectivity index is 1.67. The molecule has 1 aliphatic rings. The van der Waals surface area contributed by atoms with Gasteiger partial charge < -0.3 is 21.3 Å². The molecule has 30 heavy (non-hydrogen) atoms. The lowest BCUT2D eigenvalue weighted by atomic mass is 9.84. The first kappa shape index (κ1) is 24.4. The molecule has 0 aliphatic carbocycles. The molecule has 0 aromatic heterocycles. The fraction of sp³-hybridized carbons (Fsp3) is 0.636. The van der Waals surface area contributed by atoms with E-state index in [1.807, 2.05) is 0 Å². The van der Waals surface area contributed by atoms with Crippen molar-refractivity contribution < 1.29 is 9.18 Å². The third-order valence-electron chi connectivity index (χ3n) is 5.77. The van der Waals surface area contributed by atoms with Crippen molar-refractivity contribution in [3.63, 3.8) is 0 Å². The molecule has 0 bridgehead atoms.